The highest BCUT2D eigenvalue weighted by Gasteiger charge is 2.18. The van der Waals surface area contributed by atoms with Crippen LogP contribution in [0.4, 0.5) is 0 Å². The van der Waals surface area contributed by atoms with Crippen molar-refractivity contribution in [2.45, 2.75) is 26.2 Å². The molecule has 0 bridgehead atoms. The molecule has 0 unspecified atom stereocenters. The molecule has 0 amide bonds. The number of rotatable bonds is 3. The van der Waals surface area contributed by atoms with E-state index in [2.05, 4.69) is 0 Å². The summed E-state index contributed by atoms with van der Waals surface area (Å²) in [6, 6.07) is 1.83. The molecule has 2 nitrogen and oxygen atoms in total. The van der Waals surface area contributed by atoms with Crippen LogP contribution in [-0.2, 0) is 0 Å². The summed E-state index contributed by atoms with van der Waals surface area (Å²) in [6.45, 7) is 1.87. The summed E-state index contributed by atoms with van der Waals surface area (Å²) in [5, 5.41) is 0. The van der Waals surface area contributed by atoms with E-state index in [9.17, 15) is 4.79 Å². The van der Waals surface area contributed by atoms with Crippen LogP contribution in [0.2, 0.25) is 0 Å². The molecule has 0 atom stereocenters. The van der Waals surface area contributed by atoms with Crippen LogP contribution in [0.1, 0.15) is 35.4 Å². The zero-order valence-electron chi connectivity index (χ0n) is 8.99. The third kappa shape index (κ3) is 2.88. The number of thioether (sulfide) groups is 1. The fourth-order valence-electron chi connectivity index (χ4n) is 1.92. The van der Waals surface area contributed by atoms with Gasteiger partial charge < -0.3 is 4.42 Å². The van der Waals surface area contributed by atoms with Gasteiger partial charge in [-0.25, -0.2) is 0 Å². The summed E-state index contributed by atoms with van der Waals surface area (Å²) >= 11 is 2.00. The second kappa shape index (κ2) is 4.88. The summed E-state index contributed by atoms with van der Waals surface area (Å²) in [4.78, 5) is 11.9. The first-order chi connectivity index (χ1) is 7.25. The van der Waals surface area contributed by atoms with Crippen LogP contribution in [0, 0.1) is 12.8 Å². The van der Waals surface area contributed by atoms with Crippen molar-refractivity contribution >= 4 is 17.5 Å². The van der Waals surface area contributed by atoms with Gasteiger partial charge in [-0.2, -0.15) is 11.8 Å². The summed E-state index contributed by atoms with van der Waals surface area (Å²) in [7, 11) is 0. The normalized spacial score (nSPS) is 17.9. The second-order valence-electron chi connectivity index (χ2n) is 4.13. The lowest BCUT2D eigenvalue weighted by Gasteiger charge is -2.19. The number of carbonyl (C=O) groups is 1. The molecule has 1 aromatic rings. The Balaban J connectivity index is 1.91. The molecular weight excluding hydrogens is 208 g/mol. The van der Waals surface area contributed by atoms with Gasteiger partial charge in [-0.15, -0.1) is 0 Å². The van der Waals surface area contributed by atoms with E-state index in [4.69, 9.17) is 4.42 Å². The first kappa shape index (κ1) is 10.8. The third-order valence-electron chi connectivity index (χ3n) is 2.87. The molecule has 0 N–H and O–H groups in total. The van der Waals surface area contributed by atoms with E-state index in [0.29, 0.717) is 12.3 Å². The molecule has 82 valence electrons. The largest absolute Gasteiger partial charge is 0.469 e. The molecular formula is C12H16O2S. The van der Waals surface area contributed by atoms with Crippen molar-refractivity contribution < 1.29 is 9.21 Å². The van der Waals surface area contributed by atoms with Crippen molar-refractivity contribution in [1.82, 2.24) is 0 Å². The molecule has 2 rings (SSSR count). The summed E-state index contributed by atoms with van der Waals surface area (Å²) < 4.78 is 5.15. The Morgan fingerprint density at radius 3 is 2.87 bits per heavy atom. The lowest BCUT2D eigenvalue weighted by molar-refractivity contribution is 0.0958. The van der Waals surface area contributed by atoms with Gasteiger partial charge in [0.25, 0.3) is 0 Å². The molecule has 3 heteroatoms. The second-order valence-corrected chi connectivity index (χ2v) is 5.35. The molecule has 0 aliphatic carbocycles. The van der Waals surface area contributed by atoms with Crippen LogP contribution < -0.4 is 0 Å². The Morgan fingerprint density at radius 2 is 2.27 bits per heavy atom. The average Bonchev–Trinajstić information content (AvgIpc) is 2.66. The lowest BCUT2D eigenvalue weighted by Crippen LogP contribution is -2.14. The van der Waals surface area contributed by atoms with E-state index in [-0.39, 0.29) is 5.78 Å². The number of carbonyl (C=O) groups excluding carboxylic acids is 1. The summed E-state index contributed by atoms with van der Waals surface area (Å²) in [5.41, 5.74) is 0.741. The summed E-state index contributed by atoms with van der Waals surface area (Å²) in [6.07, 6.45) is 4.65. The number of hydrogen-bond acceptors (Lipinski definition) is 3. The van der Waals surface area contributed by atoms with Gasteiger partial charge in [0.2, 0.25) is 0 Å². The predicted molar refractivity (Wildman–Crippen MR) is 62.4 cm³/mol. The molecule has 0 spiro atoms. The minimum absolute atomic E-state index is 0.240. The first-order valence-electron chi connectivity index (χ1n) is 5.42. The average molecular weight is 224 g/mol. The highest BCUT2D eigenvalue weighted by molar-refractivity contribution is 7.99. The number of aryl methyl sites for hydroxylation is 1. The van der Waals surface area contributed by atoms with Crippen LogP contribution in [0.3, 0.4) is 0 Å². The standard InChI is InChI=1S/C12H16O2S/c1-9-6-11(8-14-9)12(13)7-10-2-4-15-5-3-10/h6,8,10H,2-5,7H2,1H3. The minimum atomic E-state index is 0.240. The molecule has 2 heterocycles. The van der Waals surface area contributed by atoms with Crippen LogP contribution in [0.15, 0.2) is 16.7 Å². The van der Waals surface area contributed by atoms with Crippen LogP contribution >= 0.6 is 11.8 Å². The van der Waals surface area contributed by atoms with E-state index in [1.165, 1.54) is 24.3 Å². The Hall–Kier alpha value is -0.700. The highest BCUT2D eigenvalue weighted by atomic mass is 32.2. The topological polar surface area (TPSA) is 30.2 Å². The fraction of sp³-hybridized carbons (Fsp3) is 0.583. The maximum atomic E-state index is 11.9. The predicted octanol–water partition coefficient (Wildman–Crippen LogP) is 3.30. The molecule has 0 saturated carbocycles. The molecule has 1 aromatic heterocycles. The van der Waals surface area contributed by atoms with Crippen molar-refractivity contribution in [3.8, 4) is 0 Å². The van der Waals surface area contributed by atoms with E-state index < -0.39 is 0 Å². The third-order valence-corrected chi connectivity index (χ3v) is 3.92. The van der Waals surface area contributed by atoms with Gasteiger partial charge in [-0.05, 0) is 43.3 Å². The van der Waals surface area contributed by atoms with Gasteiger partial charge in [0.1, 0.15) is 12.0 Å². The Labute approximate surface area is 94.4 Å². The molecule has 0 aromatic carbocycles. The SMILES string of the molecule is Cc1cc(C(=O)CC2CCSCC2)co1. The quantitative estimate of drug-likeness (QED) is 0.738. The van der Waals surface area contributed by atoms with Crippen molar-refractivity contribution in [1.29, 1.82) is 0 Å². The van der Waals surface area contributed by atoms with E-state index in [1.54, 1.807) is 6.26 Å². The van der Waals surface area contributed by atoms with Crippen molar-refractivity contribution in [3.63, 3.8) is 0 Å². The molecule has 15 heavy (non-hydrogen) atoms. The molecule has 0 radical (unpaired) electrons. The van der Waals surface area contributed by atoms with E-state index >= 15 is 0 Å². The van der Waals surface area contributed by atoms with Crippen LogP contribution in [0.5, 0.6) is 0 Å². The van der Waals surface area contributed by atoms with Crippen molar-refractivity contribution in [2.24, 2.45) is 5.92 Å². The van der Waals surface area contributed by atoms with Gasteiger partial charge in [0.05, 0.1) is 5.56 Å². The Kier molecular flexibility index (Phi) is 3.52. The Bertz CT molecular complexity index is 337. The first-order valence-corrected chi connectivity index (χ1v) is 6.57. The van der Waals surface area contributed by atoms with E-state index in [1.807, 2.05) is 24.8 Å². The smallest absolute Gasteiger partial charge is 0.166 e. The number of ketones is 1. The van der Waals surface area contributed by atoms with Gasteiger partial charge in [0.15, 0.2) is 5.78 Å². The van der Waals surface area contributed by atoms with Crippen molar-refractivity contribution in [3.05, 3.63) is 23.7 Å². The lowest BCUT2D eigenvalue weighted by atomic mass is 9.94. The minimum Gasteiger partial charge on any atom is -0.469 e. The fourth-order valence-corrected chi connectivity index (χ4v) is 3.12. The van der Waals surface area contributed by atoms with Gasteiger partial charge in [-0.3, -0.25) is 4.79 Å². The summed E-state index contributed by atoms with van der Waals surface area (Å²) in [5.74, 6) is 4.07. The Morgan fingerprint density at radius 1 is 1.53 bits per heavy atom. The molecule has 1 fully saturated rings. The van der Waals surface area contributed by atoms with Gasteiger partial charge >= 0.3 is 0 Å². The maximum absolute atomic E-state index is 11.9. The van der Waals surface area contributed by atoms with E-state index in [0.717, 1.165) is 11.3 Å². The monoisotopic (exact) mass is 224 g/mol. The zero-order chi connectivity index (χ0) is 10.7. The maximum Gasteiger partial charge on any atom is 0.166 e. The number of Topliss-reactive ketones (excluding diaryl/α,β-unsaturated/α-hetero) is 1. The molecule has 1 saturated heterocycles. The molecule has 1 aliphatic heterocycles. The number of hydrogen-bond donors (Lipinski definition) is 0. The van der Waals surface area contributed by atoms with Gasteiger partial charge in [-0.1, -0.05) is 0 Å². The molecule has 1 aliphatic rings. The highest BCUT2D eigenvalue weighted by Crippen LogP contribution is 2.26. The van der Waals surface area contributed by atoms with Crippen LogP contribution in [-0.4, -0.2) is 17.3 Å². The zero-order valence-corrected chi connectivity index (χ0v) is 9.81. The van der Waals surface area contributed by atoms with Crippen molar-refractivity contribution in [2.75, 3.05) is 11.5 Å². The van der Waals surface area contributed by atoms with Crippen LogP contribution in [0.25, 0.3) is 0 Å². The van der Waals surface area contributed by atoms with Gasteiger partial charge in [0, 0.05) is 6.42 Å². The number of furan rings is 1.